The second kappa shape index (κ2) is 7.31. The fourth-order valence-electron chi connectivity index (χ4n) is 2.27. The molecule has 22 heavy (non-hydrogen) atoms. The molecule has 1 aliphatic heterocycles. The van der Waals surface area contributed by atoms with Gasteiger partial charge in [0.2, 0.25) is 5.91 Å². The molecule has 1 amide bonds. The number of carbonyl (C=O) groups excluding carboxylic acids is 1. The zero-order valence-electron chi connectivity index (χ0n) is 13.1. The summed E-state index contributed by atoms with van der Waals surface area (Å²) in [6.45, 7) is 5.12. The molecule has 1 aromatic rings. The van der Waals surface area contributed by atoms with Gasteiger partial charge < -0.3 is 25.5 Å². The van der Waals surface area contributed by atoms with Crippen LogP contribution in [0, 0.1) is 0 Å². The SMILES string of the molecule is CCNC(=NCC(C)(O)c1ccco1)NC1CCC(=O)NC1. The van der Waals surface area contributed by atoms with Crippen LogP contribution in [0.2, 0.25) is 0 Å². The van der Waals surface area contributed by atoms with Crippen molar-refractivity contribution in [1.29, 1.82) is 0 Å². The van der Waals surface area contributed by atoms with E-state index >= 15 is 0 Å². The maximum atomic E-state index is 11.2. The summed E-state index contributed by atoms with van der Waals surface area (Å²) in [5.74, 6) is 1.19. The summed E-state index contributed by atoms with van der Waals surface area (Å²) >= 11 is 0. The van der Waals surface area contributed by atoms with Crippen LogP contribution in [-0.4, -0.2) is 42.6 Å². The van der Waals surface area contributed by atoms with Crippen molar-refractivity contribution in [2.75, 3.05) is 19.6 Å². The van der Waals surface area contributed by atoms with E-state index in [1.165, 1.54) is 6.26 Å². The number of hydrogen-bond acceptors (Lipinski definition) is 4. The molecule has 7 nitrogen and oxygen atoms in total. The molecule has 1 fully saturated rings. The van der Waals surface area contributed by atoms with Crippen LogP contribution < -0.4 is 16.0 Å². The van der Waals surface area contributed by atoms with E-state index in [2.05, 4.69) is 20.9 Å². The topological polar surface area (TPSA) is 98.9 Å². The second-order valence-electron chi connectivity index (χ2n) is 5.63. The molecule has 2 unspecified atom stereocenters. The maximum Gasteiger partial charge on any atom is 0.220 e. The van der Waals surface area contributed by atoms with Crippen molar-refractivity contribution in [3.8, 4) is 0 Å². The first-order valence-corrected chi connectivity index (χ1v) is 7.59. The number of hydrogen-bond donors (Lipinski definition) is 4. The molecule has 0 aliphatic carbocycles. The van der Waals surface area contributed by atoms with Crippen molar-refractivity contribution in [3.63, 3.8) is 0 Å². The number of amides is 1. The average Bonchev–Trinajstić information content (AvgIpc) is 3.02. The molecular weight excluding hydrogens is 284 g/mol. The van der Waals surface area contributed by atoms with Gasteiger partial charge in [-0.3, -0.25) is 4.79 Å². The lowest BCUT2D eigenvalue weighted by molar-refractivity contribution is -0.122. The van der Waals surface area contributed by atoms with Crippen molar-refractivity contribution in [3.05, 3.63) is 24.2 Å². The Kier molecular flexibility index (Phi) is 5.43. The third kappa shape index (κ3) is 4.49. The molecule has 0 bridgehead atoms. The summed E-state index contributed by atoms with van der Waals surface area (Å²) in [6.07, 6.45) is 2.81. The first-order chi connectivity index (χ1) is 10.5. The molecule has 2 atom stereocenters. The minimum Gasteiger partial charge on any atom is -0.466 e. The average molecular weight is 308 g/mol. The van der Waals surface area contributed by atoms with Crippen molar-refractivity contribution >= 4 is 11.9 Å². The van der Waals surface area contributed by atoms with E-state index in [1.54, 1.807) is 19.1 Å². The van der Waals surface area contributed by atoms with E-state index < -0.39 is 5.60 Å². The Morgan fingerprint density at radius 1 is 1.64 bits per heavy atom. The molecule has 1 saturated heterocycles. The summed E-state index contributed by atoms with van der Waals surface area (Å²) in [6, 6.07) is 3.61. The molecule has 0 saturated carbocycles. The molecule has 7 heteroatoms. The van der Waals surface area contributed by atoms with Gasteiger partial charge in [-0.05, 0) is 32.4 Å². The van der Waals surface area contributed by atoms with Crippen LogP contribution in [0.3, 0.4) is 0 Å². The molecule has 0 spiro atoms. The molecule has 2 rings (SSSR count). The second-order valence-corrected chi connectivity index (χ2v) is 5.63. The molecule has 1 aromatic heterocycles. The number of rotatable bonds is 5. The molecule has 4 N–H and O–H groups in total. The highest BCUT2D eigenvalue weighted by molar-refractivity contribution is 5.81. The number of aliphatic imine (C=N–C) groups is 1. The zero-order valence-corrected chi connectivity index (χ0v) is 13.1. The molecule has 122 valence electrons. The number of guanidine groups is 1. The van der Waals surface area contributed by atoms with Crippen LogP contribution in [0.4, 0.5) is 0 Å². The number of nitrogens with zero attached hydrogens (tertiary/aromatic N) is 1. The van der Waals surface area contributed by atoms with E-state index in [0.717, 1.165) is 6.42 Å². The molecular formula is C15H24N4O3. The van der Waals surface area contributed by atoms with E-state index in [1.807, 2.05) is 6.92 Å². The third-order valence-corrected chi connectivity index (χ3v) is 3.55. The monoisotopic (exact) mass is 308 g/mol. The molecule has 1 aliphatic rings. The predicted octanol–water partition coefficient (Wildman–Crippen LogP) is 0.321. The third-order valence-electron chi connectivity index (χ3n) is 3.55. The number of furan rings is 1. The highest BCUT2D eigenvalue weighted by atomic mass is 16.4. The van der Waals surface area contributed by atoms with Crippen LogP contribution in [0.1, 0.15) is 32.4 Å². The van der Waals surface area contributed by atoms with Crippen molar-refractivity contribution in [2.24, 2.45) is 4.99 Å². The Hall–Kier alpha value is -2.02. The summed E-state index contributed by atoms with van der Waals surface area (Å²) in [4.78, 5) is 15.6. The van der Waals surface area contributed by atoms with Crippen LogP contribution in [0.5, 0.6) is 0 Å². The smallest absolute Gasteiger partial charge is 0.220 e. The van der Waals surface area contributed by atoms with E-state index in [0.29, 0.717) is 31.2 Å². The Morgan fingerprint density at radius 3 is 3.05 bits per heavy atom. The summed E-state index contributed by atoms with van der Waals surface area (Å²) in [7, 11) is 0. The Morgan fingerprint density at radius 2 is 2.45 bits per heavy atom. The van der Waals surface area contributed by atoms with E-state index in [-0.39, 0.29) is 18.5 Å². The van der Waals surface area contributed by atoms with Crippen molar-refractivity contribution in [2.45, 2.75) is 38.3 Å². The number of nitrogens with one attached hydrogen (secondary N) is 3. The quantitative estimate of drug-likeness (QED) is 0.464. The largest absolute Gasteiger partial charge is 0.466 e. The lowest BCUT2D eigenvalue weighted by atomic mass is 10.0. The van der Waals surface area contributed by atoms with Crippen molar-refractivity contribution < 1.29 is 14.3 Å². The van der Waals surface area contributed by atoms with Gasteiger partial charge in [0.05, 0.1) is 12.8 Å². The summed E-state index contributed by atoms with van der Waals surface area (Å²) < 4.78 is 5.24. The maximum absolute atomic E-state index is 11.2. The van der Waals surface area contributed by atoms with Gasteiger partial charge in [0, 0.05) is 25.6 Å². The van der Waals surface area contributed by atoms with Gasteiger partial charge in [-0.25, -0.2) is 4.99 Å². The van der Waals surface area contributed by atoms with Crippen LogP contribution in [0.15, 0.2) is 27.8 Å². The van der Waals surface area contributed by atoms with Gasteiger partial charge in [-0.15, -0.1) is 0 Å². The van der Waals surface area contributed by atoms with E-state index in [9.17, 15) is 9.90 Å². The van der Waals surface area contributed by atoms with Crippen LogP contribution in [0.25, 0.3) is 0 Å². The Labute approximate surface area is 130 Å². The Balaban J connectivity index is 1.96. The number of piperidine rings is 1. The minimum atomic E-state index is -1.16. The predicted molar refractivity (Wildman–Crippen MR) is 83.4 cm³/mol. The highest BCUT2D eigenvalue weighted by Gasteiger charge is 2.26. The van der Waals surface area contributed by atoms with Crippen LogP contribution >= 0.6 is 0 Å². The fourth-order valence-corrected chi connectivity index (χ4v) is 2.27. The zero-order chi connectivity index (χ0) is 16.0. The van der Waals surface area contributed by atoms with Crippen LogP contribution in [-0.2, 0) is 10.4 Å². The molecule has 0 radical (unpaired) electrons. The van der Waals surface area contributed by atoms with Gasteiger partial charge in [0.1, 0.15) is 11.4 Å². The van der Waals surface area contributed by atoms with Gasteiger partial charge in [-0.1, -0.05) is 0 Å². The minimum absolute atomic E-state index is 0.0840. The fraction of sp³-hybridized carbons (Fsp3) is 0.600. The first-order valence-electron chi connectivity index (χ1n) is 7.59. The number of carbonyl (C=O) groups is 1. The van der Waals surface area contributed by atoms with Gasteiger partial charge in [0.25, 0.3) is 0 Å². The van der Waals surface area contributed by atoms with E-state index in [4.69, 9.17) is 4.42 Å². The number of aliphatic hydroxyl groups is 1. The molecule has 0 aromatic carbocycles. The van der Waals surface area contributed by atoms with Crippen molar-refractivity contribution in [1.82, 2.24) is 16.0 Å². The Bertz CT molecular complexity index is 501. The molecule has 2 heterocycles. The first kappa shape index (κ1) is 16.4. The van der Waals surface area contributed by atoms with Gasteiger partial charge in [-0.2, -0.15) is 0 Å². The van der Waals surface area contributed by atoms with Gasteiger partial charge >= 0.3 is 0 Å². The lowest BCUT2D eigenvalue weighted by Gasteiger charge is -2.26. The lowest BCUT2D eigenvalue weighted by Crippen LogP contribution is -2.51. The standard InChI is InChI=1S/C15H24N4O3/c1-3-16-14(19-11-6-7-13(20)17-9-11)18-10-15(2,21)12-5-4-8-22-12/h4-5,8,11,21H,3,6-7,9-10H2,1-2H3,(H,17,20)(H2,16,18,19). The summed E-state index contributed by atoms with van der Waals surface area (Å²) in [5.41, 5.74) is -1.16. The normalized spacial score (nSPS) is 21.9. The highest BCUT2D eigenvalue weighted by Crippen LogP contribution is 2.21. The summed E-state index contributed by atoms with van der Waals surface area (Å²) in [5, 5.41) is 19.7. The van der Waals surface area contributed by atoms with Gasteiger partial charge in [0.15, 0.2) is 5.96 Å².